The number of hydrogen-bond donors (Lipinski definition) is 0. The fraction of sp³-hybridized carbons (Fsp3) is 1.00. The van der Waals surface area contributed by atoms with Crippen LogP contribution >= 0.6 is 0 Å². The second-order valence-electron chi connectivity index (χ2n) is 5.31. The Morgan fingerprint density at radius 1 is 1.27 bits per heavy atom. The van der Waals surface area contributed by atoms with E-state index in [0.717, 1.165) is 12.0 Å². The van der Waals surface area contributed by atoms with E-state index in [1.807, 2.05) is 0 Å². The molecule has 90 valence electrons. The summed E-state index contributed by atoms with van der Waals surface area (Å²) in [5, 5.41) is 0. The van der Waals surface area contributed by atoms with Gasteiger partial charge in [0.15, 0.2) is 0 Å². The summed E-state index contributed by atoms with van der Waals surface area (Å²) < 4.78 is 0. The molecule has 1 atom stereocenters. The maximum atomic E-state index is 2.66. The number of rotatable bonds is 5. The Morgan fingerprint density at radius 3 is 2.53 bits per heavy atom. The summed E-state index contributed by atoms with van der Waals surface area (Å²) in [6.07, 6.45) is 2.74. The van der Waals surface area contributed by atoms with Crippen LogP contribution in [0.3, 0.4) is 0 Å². The quantitative estimate of drug-likeness (QED) is 0.691. The maximum absolute atomic E-state index is 2.66. The average Bonchev–Trinajstić information content (AvgIpc) is 2.20. The first-order chi connectivity index (χ1) is 7.13. The summed E-state index contributed by atoms with van der Waals surface area (Å²) >= 11 is 0. The molecule has 2 nitrogen and oxygen atoms in total. The molecule has 0 aromatic carbocycles. The third kappa shape index (κ3) is 4.52. The zero-order valence-electron chi connectivity index (χ0n) is 11.0. The molecule has 0 amide bonds. The minimum atomic E-state index is 0.755. The molecule has 0 radical (unpaired) electrons. The van der Waals surface area contributed by atoms with Gasteiger partial charge in [0.1, 0.15) is 0 Å². The lowest BCUT2D eigenvalue weighted by Crippen LogP contribution is -2.51. The van der Waals surface area contributed by atoms with Gasteiger partial charge in [-0.25, -0.2) is 0 Å². The molecular formula is C13H28N2. The van der Waals surface area contributed by atoms with Gasteiger partial charge >= 0.3 is 0 Å². The molecule has 1 rings (SSSR count). The molecule has 0 spiro atoms. The minimum absolute atomic E-state index is 0.755. The largest absolute Gasteiger partial charge is 0.301 e. The Hall–Kier alpha value is -0.0800. The summed E-state index contributed by atoms with van der Waals surface area (Å²) in [6, 6.07) is 0.755. The first kappa shape index (κ1) is 13.0. The van der Waals surface area contributed by atoms with Crippen LogP contribution in [0.15, 0.2) is 0 Å². The van der Waals surface area contributed by atoms with E-state index in [2.05, 4.69) is 37.5 Å². The van der Waals surface area contributed by atoms with Gasteiger partial charge in [0.05, 0.1) is 0 Å². The van der Waals surface area contributed by atoms with E-state index in [-0.39, 0.29) is 0 Å². The van der Waals surface area contributed by atoms with Crippen molar-refractivity contribution in [3.63, 3.8) is 0 Å². The van der Waals surface area contributed by atoms with Crippen molar-refractivity contribution >= 4 is 0 Å². The molecular weight excluding hydrogens is 184 g/mol. The monoisotopic (exact) mass is 212 g/mol. The standard InChI is InChI=1S/C13H28N2/c1-5-14-9-10-15(13(4)11-14)8-6-7-12(2)3/h12-13H,5-11H2,1-4H3/t13-/m0/s1. The Labute approximate surface area is 95.6 Å². The molecule has 0 unspecified atom stereocenters. The maximum Gasteiger partial charge on any atom is 0.0195 e. The van der Waals surface area contributed by atoms with Gasteiger partial charge in [-0.15, -0.1) is 0 Å². The van der Waals surface area contributed by atoms with Crippen molar-refractivity contribution in [3.8, 4) is 0 Å². The van der Waals surface area contributed by atoms with Crippen molar-refractivity contribution in [1.82, 2.24) is 9.80 Å². The third-order valence-electron chi connectivity index (χ3n) is 3.52. The van der Waals surface area contributed by atoms with Gasteiger partial charge in [0.2, 0.25) is 0 Å². The molecule has 0 N–H and O–H groups in total. The van der Waals surface area contributed by atoms with Crippen LogP contribution in [0.4, 0.5) is 0 Å². The van der Waals surface area contributed by atoms with E-state index in [1.54, 1.807) is 0 Å². The molecule has 0 aromatic rings. The second kappa shape index (κ2) is 6.49. The molecule has 15 heavy (non-hydrogen) atoms. The van der Waals surface area contributed by atoms with E-state index >= 15 is 0 Å². The average molecular weight is 212 g/mol. The highest BCUT2D eigenvalue weighted by atomic mass is 15.3. The van der Waals surface area contributed by atoms with Gasteiger partial charge in [-0.05, 0) is 38.8 Å². The van der Waals surface area contributed by atoms with E-state index in [1.165, 1.54) is 45.6 Å². The molecule has 2 heteroatoms. The number of likely N-dealkylation sites (N-methyl/N-ethyl adjacent to an activating group) is 1. The van der Waals surface area contributed by atoms with Crippen LogP contribution in [0.1, 0.15) is 40.5 Å². The normalized spacial score (nSPS) is 25.0. The SMILES string of the molecule is CCN1CCN(CCCC(C)C)[C@@H](C)C1. The van der Waals surface area contributed by atoms with Crippen molar-refractivity contribution in [1.29, 1.82) is 0 Å². The van der Waals surface area contributed by atoms with Crippen molar-refractivity contribution in [2.75, 3.05) is 32.7 Å². The van der Waals surface area contributed by atoms with Crippen molar-refractivity contribution in [2.24, 2.45) is 5.92 Å². The second-order valence-corrected chi connectivity index (χ2v) is 5.31. The molecule has 1 saturated heterocycles. The summed E-state index contributed by atoms with van der Waals surface area (Å²) in [4.78, 5) is 5.22. The van der Waals surface area contributed by atoms with Gasteiger partial charge in [-0.2, -0.15) is 0 Å². The fourth-order valence-corrected chi connectivity index (χ4v) is 2.39. The van der Waals surface area contributed by atoms with Crippen molar-refractivity contribution < 1.29 is 0 Å². The van der Waals surface area contributed by atoms with Gasteiger partial charge < -0.3 is 4.90 Å². The van der Waals surface area contributed by atoms with Gasteiger partial charge in [0.25, 0.3) is 0 Å². The number of hydrogen-bond acceptors (Lipinski definition) is 2. The molecule has 1 aliphatic rings. The predicted octanol–water partition coefficient (Wildman–Crippen LogP) is 2.45. The fourth-order valence-electron chi connectivity index (χ4n) is 2.39. The minimum Gasteiger partial charge on any atom is -0.301 e. The summed E-state index contributed by atoms with van der Waals surface area (Å²) in [5.74, 6) is 0.859. The van der Waals surface area contributed by atoms with Crippen molar-refractivity contribution in [3.05, 3.63) is 0 Å². The van der Waals surface area contributed by atoms with Gasteiger partial charge in [0, 0.05) is 25.7 Å². The van der Waals surface area contributed by atoms with Crippen LogP contribution in [0, 0.1) is 5.92 Å². The first-order valence-electron chi connectivity index (χ1n) is 6.59. The predicted molar refractivity (Wildman–Crippen MR) is 67.2 cm³/mol. The Kier molecular flexibility index (Phi) is 5.62. The van der Waals surface area contributed by atoms with E-state index in [9.17, 15) is 0 Å². The third-order valence-corrected chi connectivity index (χ3v) is 3.52. The lowest BCUT2D eigenvalue weighted by Gasteiger charge is -2.39. The summed E-state index contributed by atoms with van der Waals surface area (Å²) in [6.45, 7) is 15.6. The number of nitrogens with zero attached hydrogens (tertiary/aromatic N) is 2. The van der Waals surface area contributed by atoms with Gasteiger partial charge in [-0.1, -0.05) is 20.8 Å². The van der Waals surface area contributed by atoms with E-state index in [4.69, 9.17) is 0 Å². The van der Waals surface area contributed by atoms with Crippen LogP contribution in [0.2, 0.25) is 0 Å². The topological polar surface area (TPSA) is 6.48 Å². The van der Waals surface area contributed by atoms with Gasteiger partial charge in [-0.3, -0.25) is 4.90 Å². The Morgan fingerprint density at radius 2 is 2.00 bits per heavy atom. The van der Waals surface area contributed by atoms with E-state index in [0.29, 0.717) is 0 Å². The van der Waals surface area contributed by atoms with Crippen LogP contribution in [0.5, 0.6) is 0 Å². The lowest BCUT2D eigenvalue weighted by atomic mass is 10.1. The lowest BCUT2D eigenvalue weighted by molar-refractivity contribution is 0.0849. The zero-order chi connectivity index (χ0) is 11.3. The summed E-state index contributed by atoms with van der Waals surface area (Å²) in [7, 11) is 0. The molecule has 1 aliphatic heterocycles. The first-order valence-corrected chi connectivity index (χ1v) is 6.59. The Balaban J connectivity index is 2.20. The molecule has 0 saturated carbocycles. The van der Waals surface area contributed by atoms with Crippen LogP contribution in [0.25, 0.3) is 0 Å². The summed E-state index contributed by atoms with van der Waals surface area (Å²) in [5.41, 5.74) is 0. The zero-order valence-corrected chi connectivity index (χ0v) is 11.0. The number of piperazine rings is 1. The van der Waals surface area contributed by atoms with Crippen LogP contribution in [-0.2, 0) is 0 Å². The van der Waals surface area contributed by atoms with Crippen LogP contribution < -0.4 is 0 Å². The van der Waals surface area contributed by atoms with Crippen molar-refractivity contribution in [2.45, 2.75) is 46.6 Å². The molecule has 0 bridgehead atoms. The Bertz CT molecular complexity index is 168. The smallest absolute Gasteiger partial charge is 0.0195 e. The molecule has 0 aromatic heterocycles. The molecule has 1 fully saturated rings. The molecule has 0 aliphatic carbocycles. The molecule has 1 heterocycles. The highest BCUT2D eigenvalue weighted by molar-refractivity contribution is 4.78. The highest BCUT2D eigenvalue weighted by Crippen LogP contribution is 2.11. The highest BCUT2D eigenvalue weighted by Gasteiger charge is 2.21. The van der Waals surface area contributed by atoms with E-state index < -0.39 is 0 Å². The van der Waals surface area contributed by atoms with Crippen LogP contribution in [-0.4, -0.2) is 48.6 Å².